The van der Waals surface area contributed by atoms with E-state index in [1.165, 1.54) is 5.56 Å². The molecule has 2 heterocycles. The molecule has 70 valence electrons. The summed E-state index contributed by atoms with van der Waals surface area (Å²) in [6, 6.07) is 0.502. The van der Waals surface area contributed by atoms with Crippen LogP contribution >= 0.6 is 0 Å². The number of nitrogens with zero attached hydrogens (tertiary/aromatic N) is 2. The van der Waals surface area contributed by atoms with Gasteiger partial charge in [0, 0.05) is 24.3 Å². The normalized spacial score (nSPS) is 14.3. The molecule has 4 heteroatoms. The number of hydrogen-bond acceptors (Lipinski definition) is 4. The highest BCUT2D eigenvalue weighted by Crippen LogP contribution is 2.18. The summed E-state index contributed by atoms with van der Waals surface area (Å²) in [4.78, 5) is 8.57. The van der Waals surface area contributed by atoms with Crippen LogP contribution in [0.1, 0.15) is 23.9 Å². The van der Waals surface area contributed by atoms with Crippen molar-refractivity contribution >= 4 is 0 Å². The first kappa shape index (κ1) is 8.44. The highest BCUT2D eigenvalue weighted by atomic mass is 16.5. The molecule has 2 rings (SSSR count). The van der Waals surface area contributed by atoms with Gasteiger partial charge < -0.3 is 10.1 Å². The molecule has 0 atom stereocenters. The minimum atomic E-state index is 0.502. The van der Waals surface area contributed by atoms with E-state index in [4.69, 9.17) is 4.74 Å². The fourth-order valence-corrected chi connectivity index (χ4v) is 1.50. The Hall–Kier alpha value is -1.16. The zero-order valence-electron chi connectivity index (χ0n) is 7.92. The standard InChI is InChI=1S/C9H13N3O/c1-3-13-9-11-6(2)7-4-10-5-8(7)12-9/h10H,3-5H2,1-2H3. The Morgan fingerprint density at radius 2 is 2.23 bits per heavy atom. The third kappa shape index (κ3) is 1.49. The first-order valence-electron chi connectivity index (χ1n) is 4.51. The molecule has 0 aliphatic carbocycles. The Kier molecular flexibility index (Phi) is 2.14. The van der Waals surface area contributed by atoms with Crippen molar-refractivity contribution in [2.75, 3.05) is 6.61 Å². The van der Waals surface area contributed by atoms with Crippen molar-refractivity contribution < 1.29 is 4.74 Å². The van der Waals surface area contributed by atoms with Crippen molar-refractivity contribution in [1.82, 2.24) is 15.3 Å². The molecule has 0 saturated heterocycles. The quantitative estimate of drug-likeness (QED) is 0.729. The smallest absolute Gasteiger partial charge is 0.316 e. The largest absolute Gasteiger partial charge is 0.464 e. The summed E-state index contributed by atoms with van der Waals surface area (Å²) in [7, 11) is 0. The van der Waals surface area contributed by atoms with Gasteiger partial charge in [-0.25, -0.2) is 4.98 Å². The van der Waals surface area contributed by atoms with Gasteiger partial charge in [-0.1, -0.05) is 0 Å². The number of aryl methyl sites for hydroxylation is 1. The van der Waals surface area contributed by atoms with Crippen LogP contribution in [0, 0.1) is 6.92 Å². The van der Waals surface area contributed by atoms with Crippen LogP contribution in [-0.4, -0.2) is 16.6 Å². The van der Waals surface area contributed by atoms with Crippen LogP contribution in [0.3, 0.4) is 0 Å². The lowest BCUT2D eigenvalue weighted by atomic mass is 10.2. The van der Waals surface area contributed by atoms with Crippen LogP contribution in [0.4, 0.5) is 0 Å². The second-order valence-electron chi connectivity index (χ2n) is 3.05. The molecule has 1 aliphatic rings. The third-order valence-corrected chi connectivity index (χ3v) is 2.15. The van der Waals surface area contributed by atoms with Crippen molar-refractivity contribution in [3.8, 4) is 6.01 Å². The lowest BCUT2D eigenvalue weighted by Gasteiger charge is -2.05. The Bertz CT molecular complexity index is 325. The van der Waals surface area contributed by atoms with Crippen LogP contribution in [0.2, 0.25) is 0 Å². The summed E-state index contributed by atoms with van der Waals surface area (Å²) in [5, 5.41) is 3.24. The molecular weight excluding hydrogens is 166 g/mol. The molecule has 0 aromatic carbocycles. The van der Waals surface area contributed by atoms with Gasteiger partial charge in [0.1, 0.15) is 0 Å². The van der Waals surface area contributed by atoms with Crippen LogP contribution in [0.5, 0.6) is 6.01 Å². The number of rotatable bonds is 2. The molecule has 1 aromatic rings. The number of hydrogen-bond donors (Lipinski definition) is 1. The predicted molar refractivity (Wildman–Crippen MR) is 48.5 cm³/mol. The summed E-state index contributed by atoms with van der Waals surface area (Å²) in [6.07, 6.45) is 0. The van der Waals surface area contributed by atoms with Crippen LogP contribution in [-0.2, 0) is 13.1 Å². The number of ether oxygens (including phenoxy) is 1. The number of nitrogens with one attached hydrogen (secondary N) is 1. The molecule has 0 spiro atoms. The molecule has 13 heavy (non-hydrogen) atoms. The van der Waals surface area contributed by atoms with E-state index in [0.29, 0.717) is 12.6 Å². The van der Waals surface area contributed by atoms with Gasteiger partial charge in [-0.3, -0.25) is 0 Å². The number of fused-ring (bicyclic) bond motifs is 1. The summed E-state index contributed by atoms with van der Waals surface area (Å²) < 4.78 is 5.26. The molecule has 0 bridgehead atoms. The summed E-state index contributed by atoms with van der Waals surface area (Å²) in [5.74, 6) is 0. The Morgan fingerprint density at radius 3 is 3.00 bits per heavy atom. The van der Waals surface area contributed by atoms with Gasteiger partial charge in [0.15, 0.2) is 0 Å². The minimum Gasteiger partial charge on any atom is -0.464 e. The van der Waals surface area contributed by atoms with Crippen LogP contribution < -0.4 is 10.1 Å². The highest BCUT2D eigenvalue weighted by Gasteiger charge is 2.16. The third-order valence-electron chi connectivity index (χ3n) is 2.15. The van der Waals surface area contributed by atoms with Crippen molar-refractivity contribution in [2.45, 2.75) is 26.9 Å². The van der Waals surface area contributed by atoms with E-state index in [-0.39, 0.29) is 0 Å². The van der Waals surface area contributed by atoms with Crippen molar-refractivity contribution in [2.24, 2.45) is 0 Å². The van der Waals surface area contributed by atoms with E-state index in [1.54, 1.807) is 0 Å². The Balaban J connectivity index is 2.37. The average Bonchev–Trinajstić information content (AvgIpc) is 2.53. The molecule has 4 nitrogen and oxygen atoms in total. The first-order valence-corrected chi connectivity index (χ1v) is 4.51. The fourth-order valence-electron chi connectivity index (χ4n) is 1.50. The molecule has 1 aliphatic heterocycles. The van der Waals surface area contributed by atoms with Gasteiger partial charge >= 0.3 is 6.01 Å². The molecule has 0 radical (unpaired) electrons. The van der Waals surface area contributed by atoms with E-state index >= 15 is 0 Å². The maximum atomic E-state index is 5.26. The van der Waals surface area contributed by atoms with Gasteiger partial charge in [-0.05, 0) is 13.8 Å². The van der Waals surface area contributed by atoms with Gasteiger partial charge in [-0.2, -0.15) is 4.98 Å². The summed E-state index contributed by atoms with van der Waals surface area (Å²) in [6.45, 7) is 6.26. The van der Waals surface area contributed by atoms with Crippen LogP contribution in [0.25, 0.3) is 0 Å². The van der Waals surface area contributed by atoms with Crippen molar-refractivity contribution in [1.29, 1.82) is 0 Å². The summed E-state index contributed by atoms with van der Waals surface area (Å²) >= 11 is 0. The Labute approximate surface area is 77.4 Å². The SMILES string of the molecule is CCOc1nc(C)c2c(n1)CNC2. The van der Waals surface area contributed by atoms with Crippen molar-refractivity contribution in [3.05, 3.63) is 17.0 Å². The molecule has 0 amide bonds. The molecule has 0 saturated carbocycles. The zero-order valence-corrected chi connectivity index (χ0v) is 7.92. The van der Waals surface area contributed by atoms with Gasteiger partial charge in [-0.15, -0.1) is 0 Å². The number of aromatic nitrogens is 2. The maximum absolute atomic E-state index is 5.26. The van der Waals surface area contributed by atoms with Gasteiger partial charge in [0.25, 0.3) is 0 Å². The molecule has 1 N–H and O–H groups in total. The minimum absolute atomic E-state index is 0.502. The maximum Gasteiger partial charge on any atom is 0.316 e. The lowest BCUT2D eigenvalue weighted by molar-refractivity contribution is 0.310. The lowest BCUT2D eigenvalue weighted by Crippen LogP contribution is -2.03. The van der Waals surface area contributed by atoms with Gasteiger partial charge in [0.2, 0.25) is 0 Å². The second-order valence-corrected chi connectivity index (χ2v) is 3.05. The van der Waals surface area contributed by atoms with Crippen molar-refractivity contribution in [3.63, 3.8) is 0 Å². The molecule has 0 unspecified atom stereocenters. The fraction of sp³-hybridized carbons (Fsp3) is 0.556. The zero-order chi connectivity index (χ0) is 9.26. The van der Waals surface area contributed by atoms with E-state index in [9.17, 15) is 0 Å². The predicted octanol–water partition coefficient (Wildman–Crippen LogP) is 0.787. The van der Waals surface area contributed by atoms with E-state index in [2.05, 4.69) is 15.3 Å². The molecule has 0 fully saturated rings. The molecule has 1 aromatic heterocycles. The van der Waals surface area contributed by atoms with Gasteiger partial charge in [0.05, 0.1) is 12.3 Å². The topological polar surface area (TPSA) is 47.0 Å². The van der Waals surface area contributed by atoms with E-state index in [0.717, 1.165) is 24.5 Å². The van der Waals surface area contributed by atoms with Crippen LogP contribution in [0.15, 0.2) is 0 Å². The van der Waals surface area contributed by atoms with E-state index < -0.39 is 0 Å². The monoisotopic (exact) mass is 179 g/mol. The molecular formula is C9H13N3O. The second kappa shape index (κ2) is 3.30. The van der Waals surface area contributed by atoms with E-state index in [1.807, 2.05) is 13.8 Å². The summed E-state index contributed by atoms with van der Waals surface area (Å²) in [5.41, 5.74) is 3.33. The highest BCUT2D eigenvalue weighted by molar-refractivity contribution is 5.29. The Morgan fingerprint density at radius 1 is 1.38 bits per heavy atom. The first-order chi connectivity index (χ1) is 6.31. The average molecular weight is 179 g/mol.